The first-order valence-corrected chi connectivity index (χ1v) is 6.88. The van der Waals surface area contributed by atoms with Gasteiger partial charge in [0, 0.05) is 11.8 Å². The molecule has 0 saturated carbocycles. The molecule has 0 spiro atoms. The van der Waals surface area contributed by atoms with E-state index in [0.29, 0.717) is 5.00 Å². The van der Waals surface area contributed by atoms with Gasteiger partial charge >= 0.3 is 13.2 Å². The first kappa shape index (κ1) is 14.4. The Morgan fingerprint density at radius 1 is 1.26 bits per heavy atom. The molecule has 1 aromatic rings. The number of hydrogen-bond acceptors (Lipinski definition) is 4. The van der Waals surface area contributed by atoms with Gasteiger partial charge in [0.15, 0.2) is 0 Å². The van der Waals surface area contributed by atoms with Crippen molar-refractivity contribution in [2.24, 2.45) is 0 Å². The Labute approximate surface area is 117 Å². The third-order valence-electron chi connectivity index (χ3n) is 3.72. The van der Waals surface area contributed by atoms with Gasteiger partial charge < -0.3 is 14.4 Å². The van der Waals surface area contributed by atoms with Crippen molar-refractivity contribution in [2.45, 2.75) is 38.9 Å². The number of nitrogens with zero attached hydrogens (tertiary/aromatic N) is 1. The van der Waals surface area contributed by atoms with Crippen LogP contribution in [0.5, 0.6) is 0 Å². The molecular weight excluding hydrogens is 265 g/mol. The summed E-state index contributed by atoms with van der Waals surface area (Å²) in [6.45, 7) is 7.96. The van der Waals surface area contributed by atoms with Crippen LogP contribution in [-0.2, 0) is 9.31 Å². The van der Waals surface area contributed by atoms with Crippen molar-refractivity contribution in [3.05, 3.63) is 12.1 Å². The number of hydrogen-bond donors (Lipinski definition) is 1. The SMILES string of the molecule is CN(C(=O)O)c1ccc(B2OC(C)(C)C(C)(C)O2)s1. The maximum Gasteiger partial charge on any atom is 0.505 e. The van der Waals surface area contributed by atoms with Gasteiger partial charge in [-0.3, -0.25) is 4.90 Å². The molecule has 7 heteroatoms. The molecule has 1 aliphatic rings. The van der Waals surface area contributed by atoms with Crippen LogP contribution in [0.1, 0.15) is 27.7 Å². The molecule has 19 heavy (non-hydrogen) atoms. The fourth-order valence-corrected chi connectivity index (χ4v) is 2.62. The average molecular weight is 283 g/mol. The van der Waals surface area contributed by atoms with Crippen LogP contribution in [-0.4, -0.2) is 36.6 Å². The molecule has 1 aliphatic heterocycles. The van der Waals surface area contributed by atoms with E-state index >= 15 is 0 Å². The second kappa shape index (κ2) is 4.50. The summed E-state index contributed by atoms with van der Waals surface area (Å²) in [7, 11) is 1.08. The summed E-state index contributed by atoms with van der Waals surface area (Å²) >= 11 is 1.36. The fraction of sp³-hybridized carbons (Fsp3) is 0.583. The van der Waals surface area contributed by atoms with E-state index in [2.05, 4.69) is 0 Å². The highest BCUT2D eigenvalue weighted by atomic mass is 32.1. The average Bonchev–Trinajstić information content (AvgIpc) is 2.81. The molecule has 0 aromatic carbocycles. The first-order chi connectivity index (χ1) is 8.64. The molecule has 1 amide bonds. The van der Waals surface area contributed by atoms with Gasteiger partial charge in [0.1, 0.15) is 0 Å². The van der Waals surface area contributed by atoms with Gasteiger partial charge in [-0.2, -0.15) is 0 Å². The Hall–Kier alpha value is -1.05. The number of thiophene rings is 1. The minimum atomic E-state index is -0.984. The van der Waals surface area contributed by atoms with E-state index in [1.807, 2.05) is 33.8 Å². The Morgan fingerprint density at radius 2 is 1.79 bits per heavy atom. The zero-order valence-electron chi connectivity index (χ0n) is 11.8. The Balaban J connectivity index is 2.20. The molecule has 0 unspecified atom stereocenters. The Bertz CT molecular complexity index is 484. The van der Waals surface area contributed by atoms with Crippen LogP contribution in [0.25, 0.3) is 0 Å². The molecule has 0 bridgehead atoms. The van der Waals surface area contributed by atoms with Crippen LogP contribution in [0.15, 0.2) is 12.1 Å². The normalized spacial score (nSPS) is 20.6. The molecule has 5 nitrogen and oxygen atoms in total. The molecule has 0 atom stereocenters. The lowest BCUT2D eigenvalue weighted by atomic mass is 9.88. The minimum absolute atomic E-state index is 0.388. The van der Waals surface area contributed by atoms with Crippen LogP contribution < -0.4 is 9.68 Å². The van der Waals surface area contributed by atoms with Crippen molar-refractivity contribution in [1.82, 2.24) is 0 Å². The number of carbonyl (C=O) groups is 1. The van der Waals surface area contributed by atoms with Gasteiger partial charge in [-0.15, -0.1) is 11.3 Å². The van der Waals surface area contributed by atoms with Crippen molar-refractivity contribution < 1.29 is 19.2 Å². The molecule has 1 saturated heterocycles. The Kier molecular flexibility index (Phi) is 3.41. The molecule has 2 rings (SSSR count). The second-order valence-corrected chi connectivity index (χ2v) is 6.70. The van der Waals surface area contributed by atoms with Gasteiger partial charge in [-0.25, -0.2) is 4.79 Å². The maximum absolute atomic E-state index is 10.9. The number of amides is 1. The molecule has 2 heterocycles. The van der Waals surface area contributed by atoms with E-state index in [9.17, 15) is 4.79 Å². The molecule has 1 aromatic heterocycles. The number of carboxylic acid groups (broad SMARTS) is 1. The van der Waals surface area contributed by atoms with Gasteiger partial charge in [0.25, 0.3) is 0 Å². The molecule has 104 valence electrons. The third kappa shape index (κ3) is 2.50. The number of rotatable bonds is 2. The summed E-state index contributed by atoms with van der Waals surface area (Å²) in [4.78, 5) is 12.1. The van der Waals surface area contributed by atoms with Crippen LogP contribution in [0.4, 0.5) is 9.80 Å². The lowest BCUT2D eigenvalue weighted by Gasteiger charge is -2.32. The van der Waals surface area contributed by atoms with Gasteiger partial charge in [-0.1, -0.05) is 0 Å². The van der Waals surface area contributed by atoms with Gasteiger partial charge in [-0.05, 0) is 39.8 Å². The largest absolute Gasteiger partial charge is 0.505 e. The van der Waals surface area contributed by atoms with E-state index in [4.69, 9.17) is 14.4 Å². The van der Waals surface area contributed by atoms with E-state index in [1.165, 1.54) is 23.3 Å². The van der Waals surface area contributed by atoms with Gasteiger partial charge in [0.2, 0.25) is 0 Å². The van der Waals surface area contributed by atoms with E-state index in [1.54, 1.807) is 6.07 Å². The highest BCUT2D eigenvalue weighted by Crippen LogP contribution is 2.37. The van der Waals surface area contributed by atoms with Crippen molar-refractivity contribution >= 4 is 34.3 Å². The van der Waals surface area contributed by atoms with Crippen molar-refractivity contribution in [3.63, 3.8) is 0 Å². The smallest absolute Gasteiger partial charge is 0.465 e. The predicted molar refractivity (Wildman–Crippen MR) is 76.5 cm³/mol. The quantitative estimate of drug-likeness (QED) is 0.845. The first-order valence-electron chi connectivity index (χ1n) is 6.06. The maximum atomic E-state index is 10.9. The summed E-state index contributed by atoms with van der Waals surface area (Å²) in [5, 5.41) is 9.60. The van der Waals surface area contributed by atoms with Crippen molar-refractivity contribution in [1.29, 1.82) is 0 Å². The monoisotopic (exact) mass is 283 g/mol. The summed E-state index contributed by atoms with van der Waals surface area (Å²) in [5.41, 5.74) is -0.777. The fourth-order valence-electron chi connectivity index (χ4n) is 1.70. The predicted octanol–water partition coefficient (Wildman–Crippen LogP) is 2.16. The lowest BCUT2D eigenvalue weighted by Crippen LogP contribution is -2.41. The second-order valence-electron chi connectivity index (χ2n) is 5.61. The van der Waals surface area contributed by atoms with Crippen molar-refractivity contribution in [3.8, 4) is 0 Å². The summed E-state index contributed by atoms with van der Waals surface area (Å²) in [5.74, 6) is 0. The highest BCUT2D eigenvalue weighted by molar-refractivity contribution is 7.25. The summed E-state index contributed by atoms with van der Waals surface area (Å²) in [6.07, 6.45) is -0.984. The molecule has 1 N–H and O–H groups in total. The van der Waals surface area contributed by atoms with Crippen LogP contribution in [0, 0.1) is 0 Å². The summed E-state index contributed by atoms with van der Waals surface area (Å²) < 4.78 is 12.7. The highest BCUT2D eigenvalue weighted by Gasteiger charge is 2.52. The van der Waals surface area contributed by atoms with E-state index < -0.39 is 13.2 Å². The molecular formula is C12H18BNO4S. The zero-order chi connectivity index (χ0) is 14.4. The standard InChI is InChI=1S/C12H18BNO4S/c1-11(2)12(3,4)18-13(17-11)8-6-7-9(19-8)14(5)10(15)16/h6-7H,1-5H3,(H,15,16). The van der Waals surface area contributed by atoms with E-state index in [0.717, 1.165) is 4.78 Å². The minimum Gasteiger partial charge on any atom is -0.465 e. The molecule has 0 radical (unpaired) electrons. The number of anilines is 1. The summed E-state index contributed by atoms with van der Waals surface area (Å²) in [6, 6.07) is 3.61. The third-order valence-corrected chi connectivity index (χ3v) is 4.90. The van der Waals surface area contributed by atoms with Crippen molar-refractivity contribution in [2.75, 3.05) is 11.9 Å². The Morgan fingerprint density at radius 3 is 2.26 bits per heavy atom. The van der Waals surface area contributed by atoms with Gasteiger partial charge in [0.05, 0.1) is 16.2 Å². The van der Waals surface area contributed by atoms with Crippen LogP contribution in [0.2, 0.25) is 0 Å². The molecule has 0 aliphatic carbocycles. The van der Waals surface area contributed by atoms with E-state index in [-0.39, 0.29) is 11.2 Å². The lowest BCUT2D eigenvalue weighted by molar-refractivity contribution is 0.00578. The van der Waals surface area contributed by atoms with Crippen LogP contribution in [0.3, 0.4) is 0 Å². The topological polar surface area (TPSA) is 59.0 Å². The molecule has 1 fully saturated rings. The zero-order valence-corrected chi connectivity index (χ0v) is 12.6. The van der Waals surface area contributed by atoms with Crippen LogP contribution >= 0.6 is 11.3 Å².